The van der Waals surface area contributed by atoms with E-state index in [1.54, 1.807) is 25.4 Å². The summed E-state index contributed by atoms with van der Waals surface area (Å²) < 4.78 is 7.55. The summed E-state index contributed by atoms with van der Waals surface area (Å²) in [6.07, 6.45) is 5.65. The number of pyridine rings is 1. The Morgan fingerprint density at radius 2 is 1.79 bits per heavy atom. The average Bonchev–Trinajstić information content (AvgIpc) is 3.66. The van der Waals surface area contributed by atoms with Gasteiger partial charge in [0.1, 0.15) is 11.1 Å². The number of nitrogens with zero attached hydrogens (tertiary/aromatic N) is 3. The minimum Gasteiger partial charge on any atom is -0.434 e. The lowest BCUT2D eigenvalue weighted by Crippen LogP contribution is -2.27. The maximum Gasteiger partial charge on any atom is 0.263 e. The predicted octanol–water partition coefficient (Wildman–Crippen LogP) is 7.97. The second kappa shape index (κ2) is 11.8. The van der Waals surface area contributed by atoms with Crippen LogP contribution in [-0.2, 0) is 13.6 Å². The number of hydrogen-bond donors (Lipinski definition) is 1. The lowest BCUT2D eigenvalue weighted by molar-refractivity contribution is 0.102. The highest BCUT2D eigenvalue weighted by atomic mass is 35.5. The van der Waals surface area contributed by atoms with E-state index in [9.17, 15) is 9.59 Å². The zero-order chi connectivity index (χ0) is 30.2. The van der Waals surface area contributed by atoms with Gasteiger partial charge >= 0.3 is 0 Å². The summed E-state index contributed by atoms with van der Waals surface area (Å²) in [5.41, 5.74) is 6.29. The van der Waals surface area contributed by atoms with Gasteiger partial charge in [-0.25, -0.2) is 4.98 Å². The maximum atomic E-state index is 13.1. The van der Waals surface area contributed by atoms with Gasteiger partial charge < -0.3 is 14.3 Å². The van der Waals surface area contributed by atoms with Crippen LogP contribution in [0.5, 0.6) is 0 Å². The van der Waals surface area contributed by atoms with Gasteiger partial charge in [-0.3, -0.25) is 14.5 Å². The molecular weight excluding hydrogens is 583 g/mol. The van der Waals surface area contributed by atoms with E-state index < -0.39 is 11.5 Å². The quantitative estimate of drug-likeness (QED) is 0.201. The SMILES string of the molecule is C=Cc1cc(C(=O)Nc2cccc(-c3cccc(-c4nc5cc(CN6CCCC6)cc(Cl)c5o4)c3C)c2Cl)c(=O)n(C)c1. The van der Waals surface area contributed by atoms with Crippen molar-refractivity contribution in [1.29, 1.82) is 0 Å². The number of oxazole rings is 1. The molecule has 0 bridgehead atoms. The summed E-state index contributed by atoms with van der Waals surface area (Å²) in [5, 5.41) is 3.70. The third-order valence-electron chi connectivity index (χ3n) is 7.90. The summed E-state index contributed by atoms with van der Waals surface area (Å²) in [5.74, 6) is -0.0885. The van der Waals surface area contributed by atoms with Crippen molar-refractivity contribution in [3.8, 4) is 22.6 Å². The van der Waals surface area contributed by atoms with Crippen molar-refractivity contribution >= 4 is 52.0 Å². The maximum absolute atomic E-state index is 13.1. The number of likely N-dealkylation sites (tertiary alicyclic amines) is 1. The van der Waals surface area contributed by atoms with E-state index in [2.05, 4.69) is 16.8 Å². The predicted molar refractivity (Wildman–Crippen MR) is 174 cm³/mol. The smallest absolute Gasteiger partial charge is 0.263 e. The van der Waals surface area contributed by atoms with Gasteiger partial charge in [-0.1, -0.05) is 60.1 Å². The Balaban J connectivity index is 1.33. The number of hydrogen-bond acceptors (Lipinski definition) is 5. The Labute approximate surface area is 259 Å². The monoisotopic (exact) mass is 612 g/mol. The number of aromatic nitrogens is 2. The van der Waals surface area contributed by atoms with Crippen molar-refractivity contribution in [2.24, 2.45) is 7.05 Å². The van der Waals surface area contributed by atoms with E-state index in [4.69, 9.17) is 32.6 Å². The molecule has 7 nitrogen and oxygen atoms in total. The van der Waals surface area contributed by atoms with Crippen LogP contribution in [0.15, 0.2) is 76.6 Å². The largest absolute Gasteiger partial charge is 0.434 e. The van der Waals surface area contributed by atoms with E-state index in [-0.39, 0.29) is 5.56 Å². The molecule has 43 heavy (non-hydrogen) atoms. The number of aryl methyl sites for hydroxylation is 1. The highest BCUT2D eigenvalue weighted by Crippen LogP contribution is 2.39. The molecule has 3 aromatic carbocycles. The third-order valence-corrected chi connectivity index (χ3v) is 8.58. The van der Waals surface area contributed by atoms with Gasteiger partial charge in [0.05, 0.1) is 15.7 Å². The first-order chi connectivity index (χ1) is 20.7. The molecule has 0 saturated carbocycles. The Hall–Kier alpha value is -4.17. The first-order valence-electron chi connectivity index (χ1n) is 14.1. The van der Waals surface area contributed by atoms with Gasteiger partial charge in [-0.15, -0.1) is 0 Å². The minimum absolute atomic E-state index is 0.00208. The van der Waals surface area contributed by atoms with Crippen LogP contribution in [-0.4, -0.2) is 33.4 Å². The number of nitrogens with one attached hydrogen (secondary N) is 1. The van der Waals surface area contributed by atoms with Gasteiger partial charge in [-0.05, 0) is 85.4 Å². The van der Waals surface area contributed by atoms with Gasteiger partial charge in [0, 0.05) is 30.9 Å². The zero-order valence-electron chi connectivity index (χ0n) is 23.9. The van der Waals surface area contributed by atoms with Gasteiger partial charge in [0.15, 0.2) is 5.58 Å². The molecule has 9 heteroatoms. The second-order valence-corrected chi connectivity index (χ2v) is 11.6. The number of halogens is 2. The molecule has 3 heterocycles. The molecule has 1 amide bonds. The summed E-state index contributed by atoms with van der Waals surface area (Å²) in [6.45, 7) is 8.75. The third kappa shape index (κ3) is 5.64. The second-order valence-electron chi connectivity index (χ2n) is 10.8. The molecule has 6 rings (SSSR count). The van der Waals surface area contributed by atoms with Crippen LogP contribution >= 0.6 is 23.2 Å². The van der Waals surface area contributed by atoms with Crippen LogP contribution in [0.25, 0.3) is 39.8 Å². The number of amides is 1. The molecule has 0 unspecified atom stereocenters. The first kappa shape index (κ1) is 28.9. The molecule has 0 atom stereocenters. The van der Waals surface area contributed by atoms with Crippen molar-refractivity contribution in [1.82, 2.24) is 14.5 Å². The first-order valence-corrected chi connectivity index (χ1v) is 14.8. The Morgan fingerprint density at radius 3 is 2.56 bits per heavy atom. The van der Waals surface area contributed by atoms with E-state index in [0.717, 1.165) is 47.4 Å². The zero-order valence-corrected chi connectivity index (χ0v) is 25.4. The van der Waals surface area contributed by atoms with Crippen LogP contribution in [0.4, 0.5) is 5.69 Å². The molecule has 0 radical (unpaired) electrons. The van der Waals surface area contributed by atoms with E-state index in [1.165, 1.54) is 23.5 Å². The topological polar surface area (TPSA) is 80.4 Å². The summed E-state index contributed by atoms with van der Waals surface area (Å²) in [7, 11) is 1.59. The van der Waals surface area contributed by atoms with Crippen LogP contribution in [0, 0.1) is 6.92 Å². The molecule has 218 valence electrons. The van der Waals surface area contributed by atoms with E-state index in [1.807, 2.05) is 49.4 Å². The van der Waals surface area contributed by atoms with E-state index >= 15 is 0 Å². The number of fused-ring (bicyclic) bond motifs is 1. The Morgan fingerprint density at radius 1 is 1.07 bits per heavy atom. The lowest BCUT2D eigenvalue weighted by atomic mass is 9.96. The van der Waals surface area contributed by atoms with Gasteiger partial charge in [0.25, 0.3) is 11.5 Å². The molecule has 5 aromatic rings. The van der Waals surface area contributed by atoms with Crippen LogP contribution < -0.4 is 10.9 Å². The fourth-order valence-electron chi connectivity index (χ4n) is 5.65. The highest BCUT2D eigenvalue weighted by Gasteiger charge is 2.20. The number of rotatable bonds is 7. The minimum atomic E-state index is -0.554. The van der Waals surface area contributed by atoms with Crippen molar-refractivity contribution in [2.75, 3.05) is 18.4 Å². The molecule has 1 aliphatic rings. The lowest BCUT2D eigenvalue weighted by Gasteiger charge is -2.14. The van der Waals surface area contributed by atoms with Crippen molar-refractivity contribution in [3.05, 3.63) is 110 Å². The van der Waals surface area contributed by atoms with Gasteiger partial charge in [-0.2, -0.15) is 0 Å². The molecule has 1 saturated heterocycles. The highest BCUT2D eigenvalue weighted by molar-refractivity contribution is 6.36. The molecule has 1 N–H and O–H groups in total. The van der Waals surface area contributed by atoms with Crippen molar-refractivity contribution < 1.29 is 9.21 Å². The average molecular weight is 614 g/mol. The number of benzene rings is 3. The number of anilines is 1. The summed E-state index contributed by atoms with van der Waals surface area (Å²) in [4.78, 5) is 33.0. The Kier molecular flexibility index (Phi) is 7.97. The standard InChI is InChI=1S/C34H30Cl2N4O3/c1-4-21-15-26(34(42)39(3)18-21)32(41)37-28-12-8-11-25(30(28)36)23-9-7-10-24(20(23)2)33-38-29-17-22(16-27(35)31(29)43-33)19-40-13-5-6-14-40/h4,7-12,15-18H,1,5-6,13-14,19H2,2-3H3,(H,37,41). The molecule has 0 aliphatic carbocycles. The molecule has 1 fully saturated rings. The summed E-state index contributed by atoms with van der Waals surface area (Å²) in [6, 6.07) is 16.7. The number of carbonyl (C=O) groups is 1. The number of carbonyl (C=O) groups excluding carboxylic acids is 1. The van der Waals surface area contributed by atoms with Crippen LogP contribution in [0.2, 0.25) is 10.0 Å². The molecule has 0 spiro atoms. The van der Waals surface area contributed by atoms with Crippen LogP contribution in [0.3, 0.4) is 0 Å². The molecular formula is C34H30Cl2N4O3. The van der Waals surface area contributed by atoms with Crippen molar-refractivity contribution in [3.63, 3.8) is 0 Å². The molecule has 1 aliphatic heterocycles. The van der Waals surface area contributed by atoms with E-state index in [0.29, 0.717) is 38.3 Å². The molecule has 2 aromatic heterocycles. The normalized spacial score (nSPS) is 13.5. The van der Waals surface area contributed by atoms with Gasteiger partial charge in [0.2, 0.25) is 5.89 Å². The fraction of sp³-hybridized carbons (Fsp3) is 0.206. The van der Waals surface area contributed by atoms with Crippen LogP contribution in [0.1, 0.15) is 39.9 Å². The fourth-order valence-corrected chi connectivity index (χ4v) is 6.20. The Bertz CT molecular complexity index is 1950. The summed E-state index contributed by atoms with van der Waals surface area (Å²) >= 11 is 13.5. The van der Waals surface area contributed by atoms with Crippen molar-refractivity contribution in [2.45, 2.75) is 26.3 Å².